The van der Waals surface area contributed by atoms with Crippen molar-refractivity contribution in [2.24, 2.45) is 0 Å². The highest BCUT2D eigenvalue weighted by Gasteiger charge is 2.56. The zero-order valence-corrected chi connectivity index (χ0v) is 20.3. The Kier molecular flexibility index (Phi) is 8.52. The molecule has 14 heteroatoms. The first-order valence-corrected chi connectivity index (χ1v) is 12.4. The van der Waals surface area contributed by atoms with Gasteiger partial charge in [0.2, 0.25) is 0 Å². The summed E-state index contributed by atoms with van der Waals surface area (Å²) in [6.07, 6.45) is 1.64. The van der Waals surface area contributed by atoms with Crippen LogP contribution in [-0.4, -0.2) is 62.8 Å². The second-order valence-electron chi connectivity index (χ2n) is 7.76. The largest absolute Gasteiger partial charge is 0.465 e. The van der Waals surface area contributed by atoms with E-state index in [1.165, 1.54) is 19.1 Å². The van der Waals surface area contributed by atoms with Crippen molar-refractivity contribution in [3.63, 3.8) is 0 Å². The Hall–Kier alpha value is -3.24. The molecular formula is C22H26N3O10P. The molecule has 6 unspecified atom stereocenters. The minimum atomic E-state index is -4.30. The molecule has 0 aliphatic carbocycles. The maximum Gasteiger partial charge on any atom is 0.459 e. The van der Waals surface area contributed by atoms with Crippen molar-refractivity contribution < 1.29 is 38.1 Å². The predicted molar refractivity (Wildman–Crippen MR) is 125 cm³/mol. The lowest BCUT2D eigenvalue weighted by atomic mass is 9.95. The Labute approximate surface area is 205 Å². The van der Waals surface area contributed by atoms with Gasteiger partial charge in [0.1, 0.15) is 24.0 Å². The SMILES string of the molecule is C#CC1(O)C(O)C(COP(=O)(NC(C)C(=O)OCC)Oc2ccccc2)OC1n1ccc(=O)[nH]c1=O. The Balaban J connectivity index is 1.84. The Morgan fingerprint density at radius 1 is 1.36 bits per heavy atom. The van der Waals surface area contributed by atoms with Crippen LogP contribution in [0.3, 0.4) is 0 Å². The van der Waals surface area contributed by atoms with Crippen molar-refractivity contribution in [3.05, 3.63) is 63.4 Å². The lowest BCUT2D eigenvalue weighted by molar-refractivity contribution is -0.144. The summed E-state index contributed by atoms with van der Waals surface area (Å²) in [6, 6.07) is 7.85. The van der Waals surface area contributed by atoms with Gasteiger partial charge in [-0.3, -0.25) is 23.7 Å². The molecule has 2 aromatic rings. The van der Waals surface area contributed by atoms with Crippen molar-refractivity contribution in [2.75, 3.05) is 13.2 Å². The molecule has 1 aliphatic heterocycles. The molecule has 0 bridgehead atoms. The van der Waals surface area contributed by atoms with E-state index < -0.39 is 61.7 Å². The van der Waals surface area contributed by atoms with Crippen molar-refractivity contribution in [3.8, 4) is 18.1 Å². The molecule has 0 saturated carbocycles. The van der Waals surface area contributed by atoms with E-state index in [2.05, 4.69) is 5.09 Å². The number of hydrogen-bond donors (Lipinski definition) is 4. The highest BCUT2D eigenvalue weighted by molar-refractivity contribution is 7.52. The van der Waals surface area contributed by atoms with Gasteiger partial charge in [-0.25, -0.2) is 9.36 Å². The van der Waals surface area contributed by atoms with Crippen LogP contribution in [0.5, 0.6) is 5.75 Å². The third-order valence-corrected chi connectivity index (χ3v) is 6.83. The van der Waals surface area contributed by atoms with Gasteiger partial charge in [-0.1, -0.05) is 24.1 Å². The normalized spacial score (nSPS) is 25.9. The van der Waals surface area contributed by atoms with Crippen LogP contribution in [0.25, 0.3) is 0 Å². The molecule has 4 N–H and O–H groups in total. The Bertz CT molecular complexity index is 1270. The van der Waals surface area contributed by atoms with Gasteiger partial charge in [-0.2, -0.15) is 5.09 Å². The van der Waals surface area contributed by atoms with Crippen molar-refractivity contribution in [2.45, 2.75) is 43.9 Å². The van der Waals surface area contributed by atoms with Gasteiger partial charge in [-0.05, 0) is 26.0 Å². The second-order valence-corrected chi connectivity index (χ2v) is 9.45. The van der Waals surface area contributed by atoms with Crippen LogP contribution in [0.4, 0.5) is 0 Å². The highest BCUT2D eigenvalue weighted by atomic mass is 31.2. The molecule has 2 heterocycles. The van der Waals surface area contributed by atoms with E-state index in [1.807, 2.05) is 10.9 Å². The molecule has 0 amide bonds. The molecule has 194 valence electrons. The minimum Gasteiger partial charge on any atom is -0.465 e. The number of H-pyrrole nitrogens is 1. The lowest BCUT2D eigenvalue weighted by Crippen LogP contribution is -2.48. The van der Waals surface area contributed by atoms with Crippen molar-refractivity contribution >= 4 is 13.7 Å². The fourth-order valence-electron chi connectivity index (χ4n) is 3.39. The predicted octanol–water partition coefficient (Wildman–Crippen LogP) is -0.0959. The highest BCUT2D eigenvalue weighted by Crippen LogP contribution is 2.46. The minimum absolute atomic E-state index is 0.0911. The molecule has 1 fully saturated rings. The summed E-state index contributed by atoms with van der Waals surface area (Å²) >= 11 is 0. The molecule has 36 heavy (non-hydrogen) atoms. The molecule has 1 aromatic heterocycles. The number of esters is 1. The molecule has 0 radical (unpaired) electrons. The zero-order valence-electron chi connectivity index (χ0n) is 19.4. The van der Waals surface area contributed by atoms with Crippen LogP contribution >= 0.6 is 7.75 Å². The Morgan fingerprint density at radius 3 is 2.67 bits per heavy atom. The van der Waals surface area contributed by atoms with E-state index in [-0.39, 0.29) is 12.4 Å². The number of aromatic amines is 1. The van der Waals surface area contributed by atoms with Gasteiger partial charge < -0.3 is 24.2 Å². The average molecular weight is 523 g/mol. The summed E-state index contributed by atoms with van der Waals surface area (Å²) in [7, 11) is -4.30. The molecular weight excluding hydrogens is 497 g/mol. The number of nitrogens with zero attached hydrogens (tertiary/aromatic N) is 1. The molecule has 6 atom stereocenters. The first-order chi connectivity index (χ1) is 17.0. The first kappa shape index (κ1) is 27.3. The monoisotopic (exact) mass is 523 g/mol. The summed E-state index contributed by atoms with van der Waals surface area (Å²) < 4.78 is 35.8. The van der Waals surface area contributed by atoms with Gasteiger partial charge in [0.15, 0.2) is 11.8 Å². The summed E-state index contributed by atoms with van der Waals surface area (Å²) in [5, 5.41) is 24.1. The third kappa shape index (κ3) is 5.93. The maximum atomic E-state index is 13.5. The van der Waals surface area contributed by atoms with E-state index >= 15 is 0 Å². The molecule has 1 saturated heterocycles. The second kappa shape index (κ2) is 11.2. The van der Waals surface area contributed by atoms with Crippen LogP contribution in [0.15, 0.2) is 52.2 Å². The number of para-hydroxylation sites is 1. The van der Waals surface area contributed by atoms with Crippen molar-refractivity contribution in [1.82, 2.24) is 14.6 Å². The fourth-order valence-corrected chi connectivity index (χ4v) is 4.89. The third-order valence-electron chi connectivity index (χ3n) is 5.19. The van der Waals surface area contributed by atoms with Gasteiger partial charge in [-0.15, -0.1) is 6.42 Å². The Morgan fingerprint density at radius 2 is 2.06 bits per heavy atom. The maximum absolute atomic E-state index is 13.5. The summed E-state index contributed by atoms with van der Waals surface area (Å²) in [5.41, 5.74) is -4.05. The zero-order chi connectivity index (χ0) is 26.5. The first-order valence-electron chi connectivity index (χ1n) is 10.8. The number of rotatable bonds is 10. The molecule has 3 rings (SSSR count). The van der Waals surface area contributed by atoms with E-state index in [4.69, 9.17) is 24.9 Å². The van der Waals surface area contributed by atoms with Crippen LogP contribution in [0.1, 0.15) is 20.1 Å². The van der Waals surface area contributed by atoms with E-state index in [0.717, 1.165) is 16.8 Å². The lowest BCUT2D eigenvalue weighted by Gasteiger charge is -2.26. The van der Waals surface area contributed by atoms with Crippen LogP contribution in [-0.2, 0) is 23.4 Å². The van der Waals surface area contributed by atoms with Crippen molar-refractivity contribution in [1.29, 1.82) is 0 Å². The number of aliphatic hydroxyl groups is 2. The molecule has 0 spiro atoms. The topological polar surface area (TPSA) is 178 Å². The van der Waals surface area contributed by atoms with Crippen LogP contribution in [0.2, 0.25) is 0 Å². The van der Waals surface area contributed by atoms with Gasteiger partial charge in [0, 0.05) is 12.3 Å². The molecule has 1 aliphatic rings. The van der Waals surface area contributed by atoms with E-state index in [1.54, 1.807) is 25.1 Å². The standard InChI is InChI=1S/C22H26N3O10P/c1-4-22(30)18(27)16(34-20(22)25-12-11-17(26)23-21(25)29)13-33-36(31,24-14(3)19(28)32-5-2)35-15-9-7-6-8-10-15/h1,6-12,14,16,18,20,27,30H,5,13H2,2-3H3,(H,24,31)(H,23,26,29). The molecule has 13 nitrogen and oxygen atoms in total. The van der Waals surface area contributed by atoms with Gasteiger partial charge in [0.05, 0.1) is 13.2 Å². The number of hydrogen-bond acceptors (Lipinski definition) is 10. The van der Waals surface area contributed by atoms with E-state index in [9.17, 15) is 29.2 Å². The number of ether oxygens (including phenoxy) is 2. The smallest absolute Gasteiger partial charge is 0.459 e. The molecule has 1 aromatic carbocycles. The number of carbonyl (C=O) groups excluding carboxylic acids is 1. The summed E-state index contributed by atoms with van der Waals surface area (Å²) in [4.78, 5) is 37.7. The van der Waals surface area contributed by atoms with E-state index in [0.29, 0.717) is 0 Å². The van der Waals surface area contributed by atoms with Crippen LogP contribution < -0.4 is 20.9 Å². The number of terminal acetylenes is 1. The number of aromatic nitrogens is 2. The summed E-state index contributed by atoms with van der Waals surface area (Å²) in [6.45, 7) is 2.44. The number of aliphatic hydroxyl groups excluding tert-OH is 1. The number of nitrogens with one attached hydrogen (secondary N) is 2. The van der Waals surface area contributed by atoms with Crippen LogP contribution in [0, 0.1) is 12.3 Å². The summed E-state index contributed by atoms with van der Waals surface area (Å²) in [5.74, 6) is 1.44. The quantitative estimate of drug-likeness (QED) is 0.186. The van der Waals surface area contributed by atoms with Gasteiger partial charge >= 0.3 is 19.4 Å². The number of carbonyl (C=O) groups is 1. The van der Waals surface area contributed by atoms with Gasteiger partial charge in [0.25, 0.3) is 5.56 Å². The fraction of sp³-hybridized carbons (Fsp3) is 0.409. The average Bonchev–Trinajstić information content (AvgIpc) is 3.09. The number of benzene rings is 1.